The Morgan fingerprint density at radius 2 is 1.47 bits per heavy atom. The zero-order valence-corrected chi connectivity index (χ0v) is 29.4. The first kappa shape index (κ1) is 31.5. The summed E-state index contributed by atoms with van der Waals surface area (Å²) in [4.78, 5) is 57.8. The molecule has 0 aromatic carbocycles. The number of carbonyl (C=O) groups excluding carboxylic acids is 4. The first-order valence-electron chi connectivity index (χ1n) is 18.7. The van der Waals surface area contributed by atoms with E-state index in [4.69, 9.17) is 0 Å². The Morgan fingerprint density at radius 3 is 2.23 bits per heavy atom. The van der Waals surface area contributed by atoms with Gasteiger partial charge in [0.15, 0.2) is 11.6 Å². The summed E-state index contributed by atoms with van der Waals surface area (Å²) in [6.45, 7) is 13.3. The Balaban J connectivity index is 1.04. The van der Waals surface area contributed by atoms with Crippen LogP contribution in [0.1, 0.15) is 92.4 Å². The molecule has 6 nitrogen and oxygen atoms in total. The van der Waals surface area contributed by atoms with Crippen molar-refractivity contribution in [3.8, 4) is 0 Å². The van der Waals surface area contributed by atoms with Crippen LogP contribution < -0.4 is 0 Å². The van der Waals surface area contributed by atoms with Gasteiger partial charge in [-0.3, -0.25) is 19.2 Å². The summed E-state index contributed by atoms with van der Waals surface area (Å²) >= 11 is 0. The molecular formula is C41H54N2O4. The van der Waals surface area contributed by atoms with E-state index < -0.39 is 5.41 Å². The second kappa shape index (κ2) is 10.4. The molecule has 0 aromatic heterocycles. The van der Waals surface area contributed by atoms with Crippen LogP contribution in [0.4, 0.5) is 0 Å². The van der Waals surface area contributed by atoms with Crippen LogP contribution >= 0.6 is 0 Å². The highest BCUT2D eigenvalue weighted by atomic mass is 16.2. The van der Waals surface area contributed by atoms with E-state index in [1.54, 1.807) is 0 Å². The van der Waals surface area contributed by atoms with Crippen LogP contribution in [0.3, 0.4) is 0 Å². The molecule has 4 fully saturated rings. The van der Waals surface area contributed by atoms with Crippen LogP contribution in [0.2, 0.25) is 0 Å². The summed E-state index contributed by atoms with van der Waals surface area (Å²) in [6, 6.07) is 0. The summed E-state index contributed by atoms with van der Waals surface area (Å²) < 4.78 is 0. The molecule has 0 saturated heterocycles. The molecule has 0 aromatic rings. The first-order chi connectivity index (χ1) is 22.2. The Kier molecular flexibility index (Phi) is 6.95. The molecule has 6 heteroatoms. The Labute approximate surface area is 281 Å². The van der Waals surface area contributed by atoms with Gasteiger partial charge in [-0.1, -0.05) is 57.9 Å². The number of carbonyl (C=O) groups is 4. The number of Topliss-reactive ketones (excluding diaryl/α,β-unsaturated/α-hetero) is 1. The van der Waals surface area contributed by atoms with Gasteiger partial charge in [-0.25, -0.2) is 0 Å². The highest BCUT2D eigenvalue weighted by Crippen LogP contribution is 2.65. The van der Waals surface area contributed by atoms with E-state index in [1.807, 2.05) is 35.1 Å². The number of nitrogens with zero attached hydrogens (tertiary/aromatic N) is 2. The minimum atomic E-state index is -0.401. The summed E-state index contributed by atoms with van der Waals surface area (Å²) in [5.74, 6) is 3.35. The van der Waals surface area contributed by atoms with Gasteiger partial charge in [0.05, 0.1) is 0 Å². The molecule has 2 heterocycles. The number of hydrogen-bond acceptors (Lipinski definition) is 4. The summed E-state index contributed by atoms with van der Waals surface area (Å²) in [6.07, 6.45) is 19.0. The molecule has 4 saturated carbocycles. The molecule has 11 atom stereocenters. The van der Waals surface area contributed by atoms with E-state index in [9.17, 15) is 19.2 Å². The fraction of sp³-hybridized carbons (Fsp3) is 0.707. The van der Waals surface area contributed by atoms with Crippen molar-refractivity contribution < 1.29 is 19.2 Å². The molecule has 8 aliphatic rings. The van der Waals surface area contributed by atoms with Gasteiger partial charge >= 0.3 is 0 Å². The predicted molar refractivity (Wildman–Crippen MR) is 182 cm³/mol. The molecule has 47 heavy (non-hydrogen) atoms. The van der Waals surface area contributed by atoms with Gasteiger partial charge in [-0.15, -0.1) is 0 Å². The number of amides is 2. The maximum Gasteiger partial charge on any atom is 0.246 e. The summed E-state index contributed by atoms with van der Waals surface area (Å²) in [5, 5.41) is 0. The second-order valence-corrected chi connectivity index (χ2v) is 18.0. The normalized spacial score (nSPS) is 47.4. The Bertz CT molecular complexity index is 1580. The van der Waals surface area contributed by atoms with Crippen molar-refractivity contribution in [3.63, 3.8) is 0 Å². The van der Waals surface area contributed by atoms with Crippen molar-refractivity contribution in [1.29, 1.82) is 0 Å². The average Bonchev–Trinajstić information content (AvgIpc) is 3.38. The molecule has 0 bridgehead atoms. The Hall–Kier alpha value is -2.76. The van der Waals surface area contributed by atoms with E-state index in [0.29, 0.717) is 54.4 Å². The lowest BCUT2D eigenvalue weighted by molar-refractivity contribution is -0.132. The van der Waals surface area contributed by atoms with Gasteiger partial charge in [-0.05, 0) is 116 Å². The Morgan fingerprint density at radius 1 is 0.766 bits per heavy atom. The minimum Gasteiger partial charge on any atom is -0.342 e. The number of hydrogen-bond donors (Lipinski definition) is 0. The number of allylic oxidation sites excluding steroid dienone is 5. The van der Waals surface area contributed by atoms with E-state index in [0.717, 1.165) is 69.9 Å². The predicted octanol–water partition coefficient (Wildman–Crippen LogP) is 6.73. The molecule has 8 rings (SSSR count). The smallest absolute Gasteiger partial charge is 0.246 e. The second-order valence-electron chi connectivity index (χ2n) is 18.0. The lowest BCUT2D eigenvalue weighted by Gasteiger charge is -2.57. The van der Waals surface area contributed by atoms with E-state index >= 15 is 0 Å². The van der Waals surface area contributed by atoms with E-state index in [2.05, 4.69) is 46.8 Å². The maximum absolute atomic E-state index is 14.3. The highest BCUT2D eigenvalue weighted by Gasteiger charge is 2.61. The SMILES string of the molecule is CC1CC2C3C=CC(=O)C3(C)CCC2C2(C)CCN(CC3=CC4C5CCC6=CC(=O)N(C)CCC6(C)C5CCC4(C)C3=O)C(=O)C=C12. The van der Waals surface area contributed by atoms with Crippen molar-refractivity contribution >= 4 is 23.4 Å². The molecule has 2 amide bonds. The average molecular weight is 639 g/mol. The fourth-order valence-electron chi connectivity index (χ4n) is 13.0. The maximum atomic E-state index is 14.3. The molecule has 252 valence electrons. The summed E-state index contributed by atoms with van der Waals surface area (Å²) in [7, 11) is 1.91. The third-order valence-electron chi connectivity index (χ3n) is 16.0. The van der Waals surface area contributed by atoms with Crippen LogP contribution in [-0.2, 0) is 19.2 Å². The topological polar surface area (TPSA) is 74.8 Å². The first-order valence-corrected chi connectivity index (χ1v) is 18.7. The monoisotopic (exact) mass is 638 g/mol. The van der Waals surface area contributed by atoms with Gasteiger partial charge in [0.25, 0.3) is 0 Å². The van der Waals surface area contributed by atoms with Crippen LogP contribution in [-0.4, -0.2) is 59.9 Å². The lowest BCUT2D eigenvalue weighted by atomic mass is 9.47. The third-order valence-corrected chi connectivity index (χ3v) is 16.0. The third kappa shape index (κ3) is 4.27. The van der Waals surface area contributed by atoms with Gasteiger partial charge in [0, 0.05) is 55.2 Å². The fourth-order valence-corrected chi connectivity index (χ4v) is 13.0. The van der Waals surface area contributed by atoms with Crippen molar-refractivity contribution in [2.45, 2.75) is 92.4 Å². The van der Waals surface area contributed by atoms with E-state index in [1.165, 1.54) is 11.1 Å². The van der Waals surface area contributed by atoms with Crippen molar-refractivity contribution in [2.75, 3.05) is 26.7 Å². The van der Waals surface area contributed by atoms with Crippen molar-refractivity contribution in [3.05, 3.63) is 47.1 Å². The quantitative estimate of drug-likeness (QED) is 0.337. The molecule has 11 unspecified atom stereocenters. The number of ketones is 2. The standard InChI is InChI=1S/C41H54N2O4/c1-24-19-28-29-9-10-34(44)40(29,4)13-11-31(28)39(3)16-18-43(36(46)22-32(24)39)23-25-20-33-27-8-7-26-21-35(45)42(6)17-15-38(26,2)30(27)12-14-41(33,5)37(25)47/h9-10,20-22,24,27-31,33H,7-8,11-19,23H2,1-6H3. The largest absolute Gasteiger partial charge is 0.342 e. The molecule has 6 aliphatic carbocycles. The number of likely N-dealkylation sites (N-methyl/N-ethyl adjacent to an activating group) is 1. The van der Waals surface area contributed by atoms with Gasteiger partial charge in [0.1, 0.15) is 0 Å². The van der Waals surface area contributed by atoms with Gasteiger partial charge in [-0.2, -0.15) is 0 Å². The van der Waals surface area contributed by atoms with Crippen LogP contribution in [0.15, 0.2) is 47.1 Å². The number of fused-ring (bicyclic) bond motifs is 10. The van der Waals surface area contributed by atoms with Crippen LogP contribution in [0, 0.1) is 63.1 Å². The molecule has 0 spiro atoms. The van der Waals surface area contributed by atoms with Gasteiger partial charge < -0.3 is 9.80 Å². The van der Waals surface area contributed by atoms with Crippen LogP contribution in [0.25, 0.3) is 0 Å². The molecular weight excluding hydrogens is 584 g/mol. The van der Waals surface area contributed by atoms with Gasteiger partial charge in [0.2, 0.25) is 11.8 Å². The lowest BCUT2D eigenvalue weighted by Crippen LogP contribution is -2.51. The number of rotatable bonds is 2. The van der Waals surface area contributed by atoms with Crippen LogP contribution in [0.5, 0.6) is 0 Å². The van der Waals surface area contributed by atoms with Crippen molar-refractivity contribution in [2.24, 2.45) is 63.1 Å². The highest BCUT2D eigenvalue weighted by molar-refractivity contribution is 6.04. The zero-order valence-electron chi connectivity index (χ0n) is 29.4. The minimum absolute atomic E-state index is 0.00430. The summed E-state index contributed by atoms with van der Waals surface area (Å²) in [5.41, 5.74) is 2.71. The van der Waals surface area contributed by atoms with E-state index in [-0.39, 0.29) is 39.8 Å². The zero-order chi connectivity index (χ0) is 33.3. The van der Waals surface area contributed by atoms with Crippen molar-refractivity contribution in [1.82, 2.24) is 9.80 Å². The molecule has 0 N–H and O–H groups in total. The molecule has 0 radical (unpaired) electrons. The molecule has 2 aliphatic heterocycles.